The van der Waals surface area contributed by atoms with Gasteiger partial charge in [0.05, 0.1) is 0 Å². The molecule has 3 unspecified atom stereocenters. The van der Waals surface area contributed by atoms with Crippen LogP contribution >= 0.6 is 0 Å². The third-order valence-corrected chi connectivity index (χ3v) is 3.97. The third-order valence-electron chi connectivity index (χ3n) is 3.97. The number of likely N-dealkylation sites (tertiary alicyclic amines) is 1. The Morgan fingerprint density at radius 3 is 2.71 bits per heavy atom. The van der Waals surface area contributed by atoms with Gasteiger partial charge in [0.25, 0.3) is 0 Å². The maximum Gasteiger partial charge on any atom is 0.0321 e. The van der Waals surface area contributed by atoms with Gasteiger partial charge < -0.3 is 5.73 Å². The van der Waals surface area contributed by atoms with Crippen LogP contribution in [0.4, 0.5) is 0 Å². The zero-order chi connectivity index (χ0) is 12.3. The van der Waals surface area contributed by atoms with Gasteiger partial charge in [-0.1, -0.05) is 0 Å². The SMILES string of the molecule is CC(N)C1CCCN(C(C)c2ccncc2)C1. The molecule has 2 N–H and O–H groups in total. The molecule has 2 heterocycles. The molecule has 17 heavy (non-hydrogen) atoms. The van der Waals surface area contributed by atoms with E-state index in [1.165, 1.54) is 24.9 Å². The van der Waals surface area contributed by atoms with Crippen LogP contribution in [-0.2, 0) is 0 Å². The Bertz CT molecular complexity index is 337. The second kappa shape index (κ2) is 5.61. The van der Waals surface area contributed by atoms with Gasteiger partial charge in [-0.25, -0.2) is 0 Å². The number of hydrogen-bond acceptors (Lipinski definition) is 3. The van der Waals surface area contributed by atoms with E-state index in [1.54, 1.807) is 0 Å². The minimum absolute atomic E-state index is 0.308. The van der Waals surface area contributed by atoms with E-state index in [0.717, 1.165) is 6.54 Å². The van der Waals surface area contributed by atoms with E-state index < -0.39 is 0 Å². The van der Waals surface area contributed by atoms with E-state index in [1.807, 2.05) is 12.4 Å². The molecular formula is C14H23N3. The van der Waals surface area contributed by atoms with Gasteiger partial charge in [0.1, 0.15) is 0 Å². The van der Waals surface area contributed by atoms with Crippen LogP contribution in [0.25, 0.3) is 0 Å². The summed E-state index contributed by atoms with van der Waals surface area (Å²) in [5.74, 6) is 0.646. The smallest absolute Gasteiger partial charge is 0.0321 e. The Labute approximate surface area is 104 Å². The predicted molar refractivity (Wildman–Crippen MR) is 70.6 cm³/mol. The molecule has 1 aliphatic heterocycles. The van der Waals surface area contributed by atoms with Crippen molar-refractivity contribution in [1.29, 1.82) is 0 Å². The van der Waals surface area contributed by atoms with Crippen molar-refractivity contribution in [3.63, 3.8) is 0 Å². The molecule has 2 rings (SSSR count). The molecule has 0 aromatic carbocycles. The number of aromatic nitrogens is 1. The first kappa shape index (κ1) is 12.5. The van der Waals surface area contributed by atoms with Crippen molar-refractivity contribution in [1.82, 2.24) is 9.88 Å². The van der Waals surface area contributed by atoms with Crippen molar-refractivity contribution >= 4 is 0 Å². The molecule has 3 atom stereocenters. The second-order valence-corrected chi connectivity index (χ2v) is 5.21. The summed E-state index contributed by atoms with van der Waals surface area (Å²) in [6.45, 7) is 6.72. The van der Waals surface area contributed by atoms with Gasteiger partial charge in [-0.05, 0) is 56.8 Å². The van der Waals surface area contributed by atoms with E-state index in [0.29, 0.717) is 18.0 Å². The molecule has 0 bridgehead atoms. The molecule has 0 radical (unpaired) electrons. The average Bonchev–Trinajstić information content (AvgIpc) is 2.39. The fourth-order valence-electron chi connectivity index (χ4n) is 2.67. The van der Waals surface area contributed by atoms with Crippen molar-refractivity contribution in [2.45, 2.75) is 38.8 Å². The lowest BCUT2D eigenvalue weighted by Gasteiger charge is -2.38. The van der Waals surface area contributed by atoms with Crippen LogP contribution in [0.2, 0.25) is 0 Å². The van der Waals surface area contributed by atoms with Crippen molar-refractivity contribution in [3.05, 3.63) is 30.1 Å². The van der Waals surface area contributed by atoms with Crippen LogP contribution in [0.5, 0.6) is 0 Å². The number of nitrogens with zero attached hydrogens (tertiary/aromatic N) is 2. The normalized spacial score (nSPS) is 25.5. The van der Waals surface area contributed by atoms with Crippen molar-refractivity contribution < 1.29 is 0 Å². The lowest BCUT2D eigenvalue weighted by Crippen LogP contribution is -2.43. The van der Waals surface area contributed by atoms with Crippen molar-refractivity contribution in [2.75, 3.05) is 13.1 Å². The van der Waals surface area contributed by atoms with E-state index in [2.05, 4.69) is 35.9 Å². The summed E-state index contributed by atoms with van der Waals surface area (Å²) in [5.41, 5.74) is 7.38. The molecule has 3 heteroatoms. The number of hydrogen-bond donors (Lipinski definition) is 1. The first-order chi connectivity index (χ1) is 8.18. The summed E-state index contributed by atoms with van der Waals surface area (Å²) >= 11 is 0. The topological polar surface area (TPSA) is 42.1 Å². The lowest BCUT2D eigenvalue weighted by atomic mass is 9.90. The minimum atomic E-state index is 0.308. The van der Waals surface area contributed by atoms with Gasteiger partial charge in [0, 0.05) is 31.0 Å². The molecule has 1 aliphatic rings. The van der Waals surface area contributed by atoms with Gasteiger partial charge in [0.15, 0.2) is 0 Å². The van der Waals surface area contributed by atoms with Gasteiger partial charge in [0.2, 0.25) is 0 Å². The highest BCUT2D eigenvalue weighted by atomic mass is 15.2. The zero-order valence-corrected chi connectivity index (χ0v) is 10.8. The minimum Gasteiger partial charge on any atom is -0.328 e. The van der Waals surface area contributed by atoms with Crippen LogP contribution < -0.4 is 5.73 Å². The highest BCUT2D eigenvalue weighted by molar-refractivity contribution is 5.14. The Morgan fingerprint density at radius 1 is 1.35 bits per heavy atom. The first-order valence-electron chi connectivity index (χ1n) is 6.58. The average molecular weight is 233 g/mol. The van der Waals surface area contributed by atoms with Crippen molar-refractivity contribution in [3.8, 4) is 0 Å². The quantitative estimate of drug-likeness (QED) is 0.870. The molecule has 1 fully saturated rings. The standard InChI is InChI=1S/C14H23N3/c1-11(15)14-4-3-9-17(10-14)12(2)13-5-7-16-8-6-13/h5-8,11-12,14H,3-4,9-10,15H2,1-2H3. The molecule has 94 valence electrons. The molecule has 1 aromatic heterocycles. The fourth-order valence-corrected chi connectivity index (χ4v) is 2.67. The first-order valence-corrected chi connectivity index (χ1v) is 6.58. The second-order valence-electron chi connectivity index (χ2n) is 5.21. The van der Waals surface area contributed by atoms with Gasteiger partial charge in [-0.15, -0.1) is 0 Å². The van der Waals surface area contributed by atoms with Crippen molar-refractivity contribution in [2.24, 2.45) is 11.7 Å². The predicted octanol–water partition coefficient (Wildman–Crippen LogP) is 2.20. The number of rotatable bonds is 3. The molecule has 3 nitrogen and oxygen atoms in total. The monoisotopic (exact) mass is 233 g/mol. The maximum atomic E-state index is 6.03. The largest absolute Gasteiger partial charge is 0.328 e. The van der Waals surface area contributed by atoms with Gasteiger partial charge >= 0.3 is 0 Å². The van der Waals surface area contributed by atoms with E-state index >= 15 is 0 Å². The Balaban J connectivity index is 2.02. The van der Waals surface area contributed by atoms with Crippen LogP contribution in [0.15, 0.2) is 24.5 Å². The highest BCUT2D eigenvalue weighted by Gasteiger charge is 2.26. The Hall–Kier alpha value is -0.930. The number of piperidine rings is 1. The molecular weight excluding hydrogens is 210 g/mol. The molecule has 1 aromatic rings. The van der Waals surface area contributed by atoms with Crippen LogP contribution in [-0.4, -0.2) is 29.0 Å². The van der Waals surface area contributed by atoms with Crippen LogP contribution in [0.3, 0.4) is 0 Å². The molecule has 0 aliphatic carbocycles. The third kappa shape index (κ3) is 3.05. The molecule has 0 spiro atoms. The fraction of sp³-hybridized carbons (Fsp3) is 0.643. The van der Waals surface area contributed by atoms with E-state index in [9.17, 15) is 0 Å². The van der Waals surface area contributed by atoms with E-state index in [-0.39, 0.29) is 0 Å². The number of nitrogens with two attached hydrogens (primary N) is 1. The molecule has 0 saturated carbocycles. The molecule has 1 saturated heterocycles. The number of pyridine rings is 1. The van der Waals surface area contributed by atoms with E-state index in [4.69, 9.17) is 5.73 Å². The molecule has 0 amide bonds. The lowest BCUT2D eigenvalue weighted by molar-refractivity contribution is 0.121. The van der Waals surface area contributed by atoms with Gasteiger partial charge in [-0.2, -0.15) is 0 Å². The van der Waals surface area contributed by atoms with Gasteiger partial charge in [-0.3, -0.25) is 9.88 Å². The summed E-state index contributed by atoms with van der Waals surface area (Å²) in [7, 11) is 0. The summed E-state index contributed by atoms with van der Waals surface area (Å²) in [6.07, 6.45) is 6.29. The summed E-state index contributed by atoms with van der Waals surface area (Å²) in [4.78, 5) is 6.63. The summed E-state index contributed by atoms with van der Waals surface area (Å²) in [6, 6.07) is 5.00. The van der Waals surface area contributed by atoms with Crippen LogP contribution in [0, 0.1) is 5.92 Å². The zero-order valence-electron chi connectivity index (χ0n) is 10.8. The Morgan fingerprint density at radius 2 is 2.06 bits per heavy atom. The Kier molecular flexibility index (Phi) is 4.13. The summed E-state index contributed by atoms with van der Waals surface area (Å²) < 4.78 is 0. The maximum absolute atomic E-state index is 6.03. The van der Waals surface area contributed by atoms with Crippen LogP contribution in [0.1, 0.15) is 38.3 Å². The summed E-state index contributed by atoms with van der Waals surface area (Å²) in [5, 5.41) is 0. The highest BCUT2D eigenvalue weighted by Crippen LogP contribution is 2.27.